The summed E-state index contributed by atoms with van der Waals surface area (Å²) in [6.45, 7) is 16.2. The van der Waals surface area contributed by atoms with E-state index in [4.69, 9.17) is 6.57 Å². The molecule has 0 unspecified atom stereocenters. The van der Waals surface area contributed by atoms with E-state index in [-0.39, 0.29) is 0 Å². The third-order valence-electron chi connectivity index (χ3n) is 4.59. The van der Waals surface area contributed by atoms with Crippen LogP contribution in [0.15, 0.2) is 60.8 Å². The third-order valence-corrected chi connectivity index (χ3v) is 4.59. The van der Waals surface area contributed by atoms with Crippen molar-refractivity contribution < 1.29 is 0 Å². The zero-order valence-corrected chi connectivity index (χ0v) is 15.3. The molecule has 0 amide bonds. The van der Waals surface area contributed by atoms with Gasteiger partial charge in [-0.25, -0.2) is 4.85 Å². The number of nitrogens with zero attached hydrogens (tertiary/aromatic N) is 2. The van der Waals surface area contributed by atoms with Gasteiger partial charge in [-0.3, -0.25) is 0 Å². The number of benzene rings is 2. The summed E-state index contributed by atoms with van der Waals surface area (Å²) in [5.74, 6) is 0.695. The van der Waals surface area contributed by atoms with Gasteiger partial charge < -0.3 is 4.57 Å². The van der Waals surface area contributed by atoms with Crippen LogP contribution in [0, 0.1) is 6.57 Å². The smallest absolute Gasteiger partial charge is 0.187 e. The van der Waals surface area contributed by atoms with Crippen LogP contribution in [0.25, 0.3) is 21.8 Å². The molecule has 0 saturated carbocycles. The van der Waals surface area contributed by atoms with Crippen molar-refractivity contribution in [3.8, 4) is 16.9 Å². The van der Waals surface area contributed by atoms with E-state index in [1.165, 1.54) is 28.1 Å². The second kappa shape index (κ2) is 6.99. The highest BCUT2D eigenvalue weighted by molar-refractivity contribution is 5.68. The fourth-order valence-electron chi connectivity index (χ4n) is 3.31. The topological polar surface area (TPSA) is 9.29 Å². The largest absolute Gasteiger partial charge is 0.316 e. The molecule has 0 spiro atoms. The summed E-state index contributed by atoms with van der Waals surface area (Å²) in [6, 6.07) is 18.8. The van der Waals surface area contributed by atoms with E-state index in [1.54, 1.807) is 0 Å². The summed E-state index contributed by atoms with van der Waals surface area (Å²) in [5, 5.41) is 0. The third kappa shape index (κ3) is 3.23. The first kappa shape index (κ1) is 17.0. The van der Waals surface area contributed by atoms with Crippen LogP contribution in [-0.4, -0.2) is 4.57 Å². The van der Waals surface area contributed by atoms with E-state index >= 15 is 0 Å². The summed E-state index contributed by atoms with van der Waals surface area (Å²) < 4.78 is 2.29. The number of rotatable bonds is 4. The molecule has 0 atom stereocenters. The Labute approximate surface area is 150 Å². The molecule has 25 heavy (non-hydrogen) atoms. The molecule has 0 aliphatic heterocycles. The molecule has 126 valence electrons. The Hall–Kier alpha value is -2.79. The van der Waals surface area contributed by atoms with Crippen molar-refractivity contribution in [2.75, 3.05) is 0 Å². The van der Waals surface area contributed by atoms with Crippen LogP contribution < -0.4 is 0 Å². The van der Waals surface area contributed by atoms with Crippen LogP contribution in [-0.2, 0) is 0 Å². The minimum absolute atomic E-state index is 0.347. The summed E-state index contributed by atoms with van der Waals surface area (Å²) in [7, 11) is 0. The molecule has 3 aromatic rings. The lowest BCUT2D eigenvalue weighted by Crippen LogP contribution is -2.07. The van der Waals surface area contributed by atoms with E-state index < -0.39 is 0 Å². The first-order valence-electron chi connectivity index (χ1n) is 8.81. The predicted molar refractivity (Wildman–Crippen MR) is 106 cm³/mol. The van der Waals surface area contributed by atoms with Gasteiger partial charge in [0, 0.05) is 11.9 Å². The monoisotopic (exact) mass is 328 g/mol. The second-order valence-electron chi connectivity index (χ2n) is 7.02. The van der Waals surface area contributed by atoms with Gasteiger partial charge in [0.05, 0.1) is 12.3 Å². The minimum atomic E-state index is 0.347. The molecular formula is C23H24N2. The summed E-state index contributed by atoms with van der Waals surface area (Å²) >= 11 is 0. The lowest BCUT2D eigenvalue weighted by Gasteiger charge is -2.23. The minimum Gasteiger partial charge on any atom is -0.316 e. The molecule has 0 aliphatic rings. The molecular weight excluding hydrogens is 304 g/mol. The lowest BCUT2D eigenvalue weighted by molar-refractivity contribution is 0.809. The molecule has 2 nitrogen and oxygen atoms in total. The Morgan fingerprint density at radius 3 is 1.96 bits per heavy atom. The molecule has 2 heteroatoms. The maximum absolute atomic E-state index is 7.46. The molecule has 0 fully saturated rings. The lowest BCUT2D eigenvalue weighted by atomic mass is 9.91. The van der Waals surface area contributed by atoms with Crippen LogP contribution in [0.3, 0.4) is 0 Å². The molecule has 3 rings (SSSR count). The van der Waals surface area contributed by atoms with Crippen LogP contribution in [0.2, 0.25) is 0 Å². The second-order valence-corrected chi connectivity index (χ2v) is 7.02. The number of aromatic nitrogens is 1. The molecule has 2 aromatic carbocycles. The maximum Gasteiger partial charge on any atom is 0.187 e. The van der Waals surface area contributed by atoms with E-state index in [2.05, 4.69) is 79.7 Å². The molecule has 0 N–H and O–H groups in total. The predicted octanol–water partition coefficient (Wildman–Crippen LogP) is 6.94. The molecule has 0 aliphatic carbocycles. The highest BCUT2D eigenvalue weighted by Gasteiger charge is 2.19. The van der Waals surface area contributed by atoms with E-state index in [0.29, 0.717) is 11.8 Å². The van der Waals surface area contributed by atoms with Crippen molar-refractivity contribution in [1.82, 2.24) is 4.57 Å². The van der Waals surface area contributed by atoms with Crippen LogP contribution in [0.5, 0.6) is 0 Å². The first-order valence-corrected chi connectivity index (χ1v) is 8.81. The Morgan fingerprint density at radius 1 is 0.840 bits per heavy atom. The molecule has 0 saturated heterocycles. The van der Waals surface area contributed by atoms with Crippen LogP contribution in [0.1, 0.15) is 50.7 Å². The Bertz CT molecular complexity index is 880. The summed E-state index contributed by atoms with van der Waals surface area (Å²) in [6.07, 6.45) is 2.13. The summed E-state index contributed by atoms with van der Waals surface area (Å²) in [4.78, 5) is 3.70. The standard InChI is InChI=1S/C23H24N2/c1-16(2)20-14-19(24-5)15-21(17(3)4)23(20)25-13-9-12-22(25)18-10-7-6-8-11-18/h6-17H,1-4H3. The molecule has 0 bridgehead atoms. The summed E-state index contributed by atoms with van der Waals surface area (Å²) in [5.41, 5.74) is 6.79. The number of hydrogen-bond acceptors (Lipinski definition) is 0. The van der Waals surface area contributed by atoms with Gasteiger partial charge in [0.15, 0.2) is 5.69 Å². The Kier molecular flexibility index (Phi) is 4.76. The molecule has 0 radical (unpaired) electrons. The van der Waals surface area contributed by atoms with Gasteiger partial charge in [-0.15, -0.1) is 0 Å². The SMILES string of the molecule is [C-]#[N+]c1cc(C(C)C)c(-n2cccc2-c2ccccc2)c(C(C)C)c1. The zero-order valence-electron chi connectivity index (χ0n) is 15.3. The van der Waals surface area contributed by atoms with Gasteiger partial charge in [-0.05, 0) is 40.7 Å². The Balaban J connectivity index is 2.32. The van der Waals surface area contributed by atoms with Gasteiger partial charge >= 0.3 is 0 Å². The maximum atomic E-state index is 7.46. The molecule has 1 heterocycles. The average molecular weight is 328 g/mol. The van der Waals surface area contributed by atoms with Crippen LogP contribution in [0.4, 0.5) is 5.69 Å². The van der Waals surface area contributed by atoms with E-state index in [9.17, 15) is 0 Å². The van der Waals surface area contributed by atoms with Crippen molar-refractivity contribution in [3.05, 3.63) is 83.3 Å². The quantitative estimate of drug-likeness (QED) is 0.459. The Morgan fingerprint density at radius 2 is 1.44 bits per heavy atom. The van der Waals surface area contributed by atoms with Gasteiger partial charge in [0.2, 0.25) is 0 Å². The van der Waals surface area contributed by atoms with Gasteiger partial charge in [0.25, 0.3) is 0 Å². The fraction of sp³-hybridized carbons (Fsp3) is 0.261. The van der Waals surface area contributed by atoms with Gasteiger partial charge in [0.1, 0.15) is 0 Å². The fourth-order valence-corrected chi connectivity index (χ4v) is 3.31. The first-order chi connectivity index (χ1) is 12.0. The van der Waals surface area contributed by atoms with Crippen molar-refractivity contribution >= 4 is 5.69 Å². The van der Waals surface area contributed by atoms with Crippen molar-refractivity contribution in [1.29, 1.82) is 0 Å². The van der Waals surface area contributed by atoms with E-state index in [0.717, 1.165) is 5.69 Å². The molecule has 1 aromatic heterocycles. The van der Waals surface area contributed by atoms with Crippen molar-refractivity contribution in [2.45, 2.75) is 39.5 Å². The van der Waals surface area contributed by atoms with Crippen molar-refractivity contribution in [2.24, 2.45) is 0 Å². The highest BCUT2D eigenvalue weighted by atomic mass is 15.0. The van der Waals surface area contributed by atoms with Gasteiger partial charge in [-0.2, -0.15) is 0 Å². The number of hydrogen-bond donors (Lipinski definition) is 0. The average Bonchev–Trinajstić information content (AvgIpc) is 3.10. The van der Waals surface area contributed by atoms with Crippen LogP contribution >= 0.6 is 0 Å². The van der Waals surface area contributed by atoms with Gasteiger partial charge in [-0.1, -0.05) is 70.2 Å². The highest BCUT2D eigenvalue weighted by Crippen LogP contribution is 2.37. The normalized spacial score (nSPS) is 11.1. The van der Waals surface area contributed by atoms with Crippen molar-refractivity contribution in [3.63, 3.8) is 0 Å². The zero-order chi connectivity index (χ0) is 18.0. The van der Waals surface area contributed by atoms with E-state index in [1.807, 2.05) is 18.2 Å².